The number of carbonyl (C=O) groups is 1. The van der Waals surface area contributed by atoms with E-state index in [4.69, 9.17) is 0 Å². The molecule has 0 atom stereocenters. The van der Waals surface area contributed by atoms with Gasteiger partial charge in [-0.15, -0.1) is 4.83 Å². The summed E-state index contributed by atoms with van der Waals surface area (Å²) in [5.41, 5.74) is 0.786. The summed E-state index contributed by atoms with van der Waals surface area (Å²) in [4.78, 5) is 24.2. The van der Waals surface area contributed by atoms with Gasteiger partial charge in [-0.1, -0.05) is 30.3 Å². The molecule has 1 rings (SSSR count). The van der Waals surface area contributed by atoms with Gasteiger partial charge in [-0.05, 0) is 18.6 Å². The van der Waals surface area contributed by atoms with Crippen LogP contribution in [0.3, 0.4) is 0 Å². The van der Waals surface area contributed by atoms with E-state index in [2.05, 4.69) is 0 Å². The largest absolute Gasteiger partial charge is 0.289 e. The second-order valence-electron chi connectivity index (χ2n) is 3.81. The van der Waals surface area contributed by atoms with Crippen LogP contribution in [0.25, 0.3) is 6.08 Å². The Bertz CT molecular complexity index is 582. The first-order valence-electron chi connectivity index (χ1n) is 5.88. The highest BCUT2D eigenvalue weighted by molar-refractivity contribution is 7.89. The molecule has 7 heteroatoms. The van der Waals surface area contributed by atoms with Crippen LogP contribution in [-0.2, 0) is 19.6 Å². The lowest BCUT2D eigenvalue weighted by molar-refractivity contribution is -0.126. The van der Waals surface area contributed by atoms with Crippen molar-refractivity contribution in [3.8, 4) is 0 Å². The summed E-state index contributed by atoms with van der Waals surface area (Å²) in [6.45, 7) is 0.951. The first-order valence-corrected chi connectivity index (χ1v) is 7.53. The van der Waals surface area contributed by atoms with E-state index in [1.807, 2.05) is 10.9 Å². The molecule has 0 saturated carbocycles. The third-order valence-electron chi connectivity index (χ3n) is 2.34. The molecule has 1 radical (unpaired) electrons. The second kappa shape index (κ2) is 7.56. The van der Waals surface area contributed by atoms with Crippen molar-refractivity contribution in [3.63, 3.8) is 0 Å². The minimum Gasteiger partial charge on any atom is -0.289 e. The SMILES string of the molecule is CCS(=O)(=O)NN(C[C]=O)C(=O)C=Cc1ccccc1. The van der Waals surface area contributed by atoms with E-state index in [-0.39, 0.29) is 5.75 Å². The molecule has 0 heterocycles. The molecule has 0 aromatic heterocycles. The fourth-order valence-corrected chi connectivity index (χ4v) is 1.89. The summed E-state index contributed by atoms with van der Waals surface area (Å²) in [6, 6.07) is 9.02. The maximum absolute atomic E-state index is 11.8. The topological polar surface area (TPSA) is 83.6 Å². The molecule has 20 heavy (non-hydrogen) atoms. The lowest BCUT2D eigenvalue weighted by Gasteiger charge is -2.18. The molecule has 1 aromatic carbocycles. The minimum absolute atomic E-state index is 0.196. The Morgan fingerprint density at radius 1 is 1.35 bits per heavy atom. The Balaban J connectivity index is 2.79. The van der Waals surface area contributed by atoms with Crippen LogP contribution >= 0.6 is 0 Å². The Morgan fingerprint density at radius 3 is 2.55 bits per heavy atom. The Kier molecular flexibility index (Phi) is 6.08. The maximum Gasteiger partial charge on any atom is 0.261 e. The molecule has 0 aliphatic heterocycles. The summed E-state index contributed by atoms with van der Waals surface area (Å²) in [7, 11) is -3.63. The van der Waals surface area contributed by atoms with Crippen molar-refractivity contribution in [1.29, 1.82) is 0 Å². The van der Waals surface area contributed by atoms with Gasteiger partial charge in [-0.2, -0.15) is 0 Å². The van der Waals surface area contributed by atoms with E-state index in [0.717, 1.165) is 5.56 Å². The van der Waals surface area contributed by atoms with Gasteiger partial charge >= 0.3 is 0 Å². The number of hydrazine groups is 1. The van der Waals surface area contributed by atoms with Crippen molar-refractivity contribution in [2.45, 2.75) is 6.92 Å². The molecule has 0 unspecified atom stereocenters. The predicted molar refractivity (Wildman–Crippen MR) is 75.5 cm³/mol. The number of nitrogens with zero attached hydrogens (tertiary/aromatic N) is 1. The highest BCUT2D eigenvalue weighted by Crippen LogP contribution is 2.01. The van der Waals surface area contributed by atoms with E-state index in [0.29, 0.717) is 5.01 Å². The van der Waals surface area contributed by atoms with Gasteiger partial charge in [-0.25, -0.2) is 8.42 Å². The summed E-state index contributed by atoms with van der Waals surface area (Å²) in [5.74, 6) is -0.841. The first-order chi connectivity index (χ1) is 9.48. The molecule has 0 aliphatic rings. The normalized spacial score (nSPS) is 11.4. The van der Waals surface area contributed by atoms with E-state index >= 15 is 0 Å². The van der Waals surface area contributed by atoms with Crippen molar-refractivity contribution in [1.82, 2.24) is 9.84 Å². The average molecular weight is 295 g/mol. The third kappa shape index (κ3) is 5.33. The first kappa shape index (κ1) is 16.1. The van der Waals surface area contributed by atoms with Crippen molar-refractivity contribution >= 4 is 28.3 Å². The van der Waals surface area contributed by atoms with Crippen molar-refractivity contribution in [3.05, 3.63) is 42.0 Å². The van der Waals surface area contributed by atoms with Gasteiger partial charge < -0.3 is 0 Å². The molecule has 0 spiro atoms. The Morgan fingerprint density at radius 2 is 2.00 bits per heavy atom. The summed E-state index contributed by atoms with van der Waals surface area (Å²) >= 11 is 0. The fraction of sp³-hybridized carbons (Fsp3) is 0.231. The van der Waals surface area contributed by atoms with Gasteiger partial charge in [0.1, 0.15) is 6.54 Å². The molecular formula is C13H15N2O4S. The smallest absolute Gasteiger partial charge is 0.261 e. The standard InChI is InChI=1S/C13H15N2O4S/c1-2-20(18,19)14-15(10-11-16)13(17)9-8-12-6-4-3-5-7-12/h3-9,14H,2,10H2,1H3. The monoisotopic (exact) mass is 295 g/mol. The molecule has 0 bridgehead atoms. The molecule has 107 valence electrons. The van der Waals surface area contributed by atoms with Crippen LogP contribution in [0.2, 0.25) is 0 Å². The highest BCUT2D eigenvalue weighted by atomic mass is 32.2. The summed E-state index contributed by atoms with van der Waals surface area (Å²) in [5, 5.41) is 0.700. The number of rotatable bonds is 7. The van der Waals surface area contributed by atoms with Crippen LogP contribution in [0, 0.1) is 0 Å². The van der Waals surface area contributed by atoms with Gasteiger partial charge in [-0.3, -0.25) is 14.6 Å². The van der Waals surface area contributed by atoms with Crippen LogP contribution < -0.4 is 4.83 Å². The van der Waals surface area contributed by atoms with Crippen LogP contribution in [0.1, 0.15) is 12.5 Å². The predicted octanol–water partition coefficient (Wildman–Crippen LogP) is 0.492. The van der Waals surface area contributed by atoms with Crippen LogP contribution in [0.15, 0.2) is 36.4 Å². The Hall–Kier alpha value is -1.99. The van der Waals surface area contributed by atoms with Gasteiger partial charge in [0.2, 0.25) is 16.3 Å². The molecule has 6 nitrogen and oxygen atoms in total. The quantitative estimate of drug-likeness (QED) is 0.586. The summed E-state index contributed by atoms with van der Waals surface area (Å²) < 4.78 is 22.8. The van der Waals surface area contributed by atoms with Crippen LogP contribution in [0.4, 0.5) is 0 Å². The zero-order chi connectivity index (χ0) is 15.0. The second-order valence-corrected chi connectivity index (χ2v) is 5.80. The number of nitrogens with one attached hydrogen (secondary N) is 1. The molecular weight excluding hydrogens is 280 g/mol. The average Bonchev–Trinajstić information content (AvgIpc) is 2.45. The van der Waals surface area contributed by atoms with Crippen molar-refractivity contribution < 1.29 is 18.0 Å². The molecule has 1 aromatic rings. The van der Waals surface area contributed by atoms with Crippen molar-refractivity contribution in [2.75, 3.05) is 12.3 Å². The van der Waals surface area contributed by atoms with E-state index in [1.54, 1.807) is 24.3 Å². The summed E-state index contributed by atoms with van der Waals surface area (Å²) in [6.07, 6.45) is 4.20. The molecule has 0 fully saturated rings. The number of sulfonamides is 1. The highest BCUT2D eigenvalue weighted by Gasteiger charge is 2.17. The van der Waals surface area contributed by atoms with E-state index in [9.17, 15) is 18.0 Å². The molecule has 1 N–H and O–H groups in total. The molecule has 0 saturated heterocycles. The number of hydrogen-bond acceptors (Lipinski definition) is 4. The van der Waals surface area contributed by atoms with Gasteiger partial charge in [0, 0.05) is 6.08 Å². The van der Waals surface area contributed by atoms with E-state index in [1.165, 1.54) is 25.4 Å². The zero-order valence-electron chi connectivity index (χ0n) is 10.9. The zero-order valence-corrected chi connectivity index (χ0v) is 11.8. The molecule has 0 aliphatic carbocycles. The number of amides is 1. The minimum atomic E-state index is -3.63. The fourth-order valence-electron chi connectivity index (χ4n) is 1.27. The van der Waals surface area contributed by atoms with Crippen LogP contribution in [-0.4, -0.2) is 37.9 Å². The Labute approximate surface area is 118 Å². The van der Waals surface area contributed by atoms with Gasteiger partial charge in [0.25, 0.3) is 5.91 Å². The van der Waals surface area contributed by atoms with E-state index < -0.39 is 22.5 Å². The molecule has 1 amide bonds. The number of hydrogen-bond donors (Lipinski definition) is 1. The third-order valence-corrected chi connectivity index (χ3v) is 3.59. The lowest BCUT2D eigenvalue weighted by atomic mass is 10.2. The number of benzene rings is 1. The maximum atomic E-state index is 11.8. The lowest BCUT2D eigenvalue weighted by Crippen LogP contribution is -2.46. The van der Waals surface area contributed by atoms with Gasteiger partial charge in [0.05, 0.1) is 5.75 Å². The van der Waals surface area contributed by atoms with Gasteiger partial charge in [0.15, 0.2) is 0 Å². The van der Waals surface area contributed by atoms with Crippen LogP contribution in [0.5, 0.6) is 0 Å². The van der Waals surface area contributed by atoms with Crippen molar-refractivity contribution in [2.24, 2.45) is 0 Å². The number of carbonyl (C=O) groups excluding carboxylic acids is 2.